The van der Waals surface area contributed by atoms with Crippen molar-refractivity contribution in [3.63, 3.8) is 0 Å². The third-order valence-corrected chi connectivity index (χ3v) is 7.64. The van der Waals surface area contributed by atoms with Crippen LogP contribution in [0.5, 0.6) is 0 Å². The number of hydrogen-bond acceptors (Lipinski definition) is 6. The summed E-state index contributed by atoms with van der Waals surface area (Å²) >= 11 is 6.11. The van der Waals surface area contributed by atoms with E-state index in [2.05, 4.69) is 5.32 Å². The number of rotatable bonds is 5. The summed E-state index contributed by atoms with van der Waals surface area (Å²) in [5.74, 6) is 0. The van der Waals surface area contributed by atoms with Crippen molar-refractivity contribution in [1.29, 1.82) is 0 Å². The quantitative estimate of drug-likeness (QED) is 0.599. The summed E-state index contributed by atoms with van der Waals surface area (Å²) in [6.45, 7) is 1.92. The minimum Gasteiger partial charge on any atom is -0.381 e. The van der Waals surface area contributed by atoms with Gasteiger partial charge in [-0.15, -0.1) is 0 Å². The maximum absolute atomic E-state index is 12.7. The van der Waals surface area contributed by atoms with Crippen LogP contribution in [-0.2, 0) is 14.8 Å². The maximum Gasteiger partial charge on any atom is 0.271 e. The number of halogens is 1. The fraction of sp³-hybridized carbons (Fsp3) is 0.625. The molecule has 2 aliphatic heterocycles. The lowest BCUT2D eigenvalue weighted by molar-refractivity contribution is -0.384. The molecule has 0 amide bonds. The van der Waals surface area contributed by atoms with Gasteiger partial charge in [0.1, 0.15) is 0 Å². The minimum atomic E-state index is -3.28. The lowest BCUT2D eigenvalue weighted by Gasteiger charge is -2.35. The van der Waals surface area contributed by atoms with Gasteiger partial charge in [-0.05, 0) is 31.7 Å². The Labute approximate surface area is 157 Å². The van der Waals surface area contributed by atoms with Crippen LogP contribution in [0.25, 0.3) is 0 Å². The summed E-state index contributed by atoms with van der Waals surface area (Å²) in [7, 11) is -3.28. The molecule has 144 valence electrons. The van der Waals surface area contributed by atoms with E-state index < -0.39 is 14.9 Å². The second-order valence-electron chi connectivity index (χ2n) is 6.60. The van der Waals surface area contributed by atoms with Crippen LogP contribution in [0.15, 0.2) is 18.2 Å². The van der Waals surface area contributed by atoms with Crippen LogP contribution in [-0.4, -0.2) is 55.2 Å². The van der Waals surface area contributed by atoms with Crippen molar-refractivity contribution in [2.45, 2.75) is 37.0 Å². The lowest BCUT2D eigenvalue weighted by atomic mass is 10.1. The van der Waals surface area contributed by atoms with E-state index in [-0.39, 0.29) is 22.0 Å². The fourth-order valence-corrected chi connectivity index (χ4v) is 5.55. The molecule has 2 saturated heterocycles. The third-order valence-electron chi connectivity index (χ3n) is 4.93. The van der Waals surface area contributed by atoms with Gasteiger partial charge in [-0.2, -0.15) is 0 Å². The highest BCUT2D eigenvalue weighted by molar-refractivity contribution is 7.89. The molecule has 2 fully saturated rings. The predicted octanol–water partition coefficient (Wildman–Crippen LogP) is 2.63. The van der Waals surface area contributed by atoms with Crippen molar-refractivity contribution in [2.24, 2.45) is 0 Å². The van der Waals surface area contributed by atoms with Gasteiger partial charge < -0.3 is 10.1 Å². The van der Waals surface area contributed by atoms with E-state index in [9.17, 15) is 18.5 Å². The van der Waals surface area contributed by atoms with E-state index in [1.54, 1.807) is 10.4 Å². The van der Waals surface area contributed by atoms with Gasteiger partial charge in [-0.25, -0.2) is 12.7 Å². The highest BCUT2D eigenvalue weighted by Gasteiger charge is 2.35. The topological polar surface area (TPSA) is 102 Å². The monoisotopic (exact) mass is 403 g/mol. The number of nitro groups is 1. The van der Waals surface area contributed by atoms with Gasteiger partial charge in [-0.3, -0.25) is 10.1 Å². The average molecular weight is 404 g/mol. The Hall–Kier alpha value is -1.42. The SMILES string of the molecule is O=[N+]([O-])c1ccc(NC2CCN(S(=O)(=O)C3CCOCC3)CC2)c(Cl)c1. The number of nitro benzene ring substituents is 1. The molecule has 0 radical (unpaired) electrons. The molecule has 0 bridgehead atoms. The van der Waals surface area contributed by atoms with Gasteiger partial charge in [0.25, 0.3) is 5.69 Å². The molecule has 1 aromatic rings. The molecule has 26 heavy (non-hydrogen) atoms. The normalized spacial score (nSPS) is 20.8. The molecule has 0 aliphatic carbocycles. The Bertz CT molecular complexity index is 759. The zero-order chi connectivity index (χ0) is 18.7. The smallest absolute Gasteiger partial charge is 0.271 e. The second kappa shape index (κ2) is 8.08. The molecule has 8 nitrogen and oxygen atoms in total. The summed E-state index contributed by atoms with van der Waals surface area (Å²) < 4.78 is 32.3. The second-order valence-corrected chi connectivity index (χ2v) is 9.22. The predicted molar refractivity (Wildman–Crippen MR) is 99.1 cm³/mol. The zero-order valence-electron chi connectivity index (χ0n) is 14.3. The number of hydrogen-bond donors (Lipinski definition) is 1. The largest absolute Gasteiger partial charge is 0.381 e. The molecule has 3 rings (SSSR count). The van der Waals surface area contributed by atoms with Crippen LogP contribution in [0.2, 0.25) is 5.02 Å². The summed E-state index contributed by atoms with van der Waals surface area (Å²) in [6.07, 6.45) is 2.43. The van der Waals surface area contributed by atoms with Gasteiger partial charge >= 0.3 is 0 Å². The molecule has 2 aliphatic rings. The van der Waals surface area contributed by atoms with E-state index in [1.165, 1.54) is 12.1 Å². The minimum absolute atomic E-state index is 0.0575. The molecule has 0 atom stereocenters. The number of sulfonamides is 1. The Morgan fingerprint density at radius 3 is 2.42 bits per heavy atom. The molecule has 0 saturated carbocycles. The number of nitrogens with zero attached hydrogens (tertiary/aromatic N) is 2. The van der Waals surface area contributed by atoms with Gasteiger partial charge in [0.15, 0.2) is 0 Å². The maximum atomic E-state index is 12.7. The van der Waals surface area contributed by atoms with Crippen molar-refractivity contribution >= 4 is 33.0 Å². The average Bonchev–Trinajstić information content (AvgIpc) is 2.64. The first-order valence-electron chi connectivity index (χ1n) is 8.65. The zero-order valence-corrected chi connectivity index (χ0v) is 15.8. The van der Waals surface area contributed by atoms with Crippen molar-refractivity contribution in [1.82, 2.24) is 4.31 Å². The molecule has 0 spiro atoms. The van der Waals surface area contributed by atoms with Crippen LogP contribution in [0.1, 0.15) is 25.7 Å². The molecule has 10 heteroatoms. The summed E-state index contributed by atoms with van der Waals surface area (Å²) in [6, 6.07) is 4.38. The molecule has 1 aromatic carbocycles. The van der Waals surface area contributed by atoms with Crippen LogP contribution in [0.3, 0.4) is 0 Å². The van der Waals surface area contributed by atoms with Gasteiger partial charge in [0.2, 0.25) is 10.0 Å². The van der Waals surface area contributed by atoms with E-state index in [4.69, 9.17) is 16.3 Å². The number of ether oxygens (including phenoxy) is 1. The van der Waals surface area contributed by atoms with Crippen LogP contribution < -0.4 is 5.32 Å². The van der Waals surface area contributed by atoms with Crippen molar-refractivity contribution in [2.75, 3.05) is 31.6 Å². The standard InChI is InChI=1S/C16H22ClN3O5S/c17-15-11-13(20(21)22)1-2-16(15)18-12-3-7-19(8-4-12)26(23,24)14-5-9-25-10-6-14/h1-2,11-12,14,18H,3-10H2. The van der Waals surface area contributed by atoms with Gasteiger partial charge in [0, 0.05) is 44.5 Å². The number of non-ortho nitro benzene ring substituents is 1. The van der Waals surface area contributed by atoms with Crippen molar-refractivity contribution < 1.29 is 18.1 Å². The summed E-state index contributed by atoms with van der Waals surface area (Å²) in [5, 5.41) is 14.0. The Kier molecular flexibility index (Phi) is 6.01. The van der Waals surface area contributed by atoms with Crippen LogP contribution in [0.4, 0.5) is 11.4 Å². The first-order valence-corrected chi connectivity index (χ1v) is 10.5. The highest BCUT2D eigenvalue weighted by Crippen LogP contribution is 2.29. The molecule has 0 unspecified atom stereocenters. The van der Waals surface area contributed by atoms with Crippen LogP contribution >= 0.6 is 11.6 Å². The van der Waals surface area contributed by atoms with Crippen LogP contribution in [0, 0.1) is 10.1 Å². The lowest BCUT2D eigenvalue weighted by Crippen LogP contribution is -2.47. The van der Waals surface area contributed by atoms with E-state index >= 15 is 0 Å². The molecular formula is C16H22ClN3O5S. The molecular weight excluding hydrogens is 382 g/mol. The first kappa shape index (κ1) is 19.3. The number of benzene rings is 1. The number of piperidine rings is 1. The third kappa shape index (κ3) is 4.28. The summed E-state index contributed by atoms with van der Waals surface area (Å²) in [4.78, 5) is 10.3. The number of anilines is 1. The molecule has 2 heterocycles. The first-order chi connectivity index (χ1) is 12.4. The van der Waals surface area contributed by atoms with Crippen molar-refractivity contribution in [3.8, 4) is 0 Å². The Morgan fingerprint density at radius 2 is 1.85 bits per heavy atom. The van der Waals surface area contributed by atoms with Gasteiger partial charge in [0.05, 0.1) is 20.9 Å². The molecule has 1 N–H and O–H groups in total. The highest BCUT2D eigenvalue weighted by atomic mass is 35.5. The number of nitrogens with one attached hydrogen (secondary N) is 1. The summed E-state index contributed by atoms with van der Waals surface area (Å²) in [5.41, 5.74) is 0.570. The Morgan fingerprint density at radius 1 is 1.19 bits per heavy atom. The van der Waals surface area contributed by atoms with E-state index in [0.717, 1.165) is 0 Å². The van der Waals surface area contributed by atoms with Crippen molar-refractivity contribution in [3.05, 3.63) is 33.3 Å². The van der Waals surface area contributed by atoms with E-state index in [0.29, 0.717) is 57.7 Å². The Balaban J connectivity index is 1.58. The van der Waals surface area contributed by atoms with Gasteiger partial charge in [-0.1, -0.05) is 11.6 Å². The molecule has 0 aromatic heterocycles. The van der Waals surface area contributed by atoms with E-state index in [1.807, 2.05) is 0 Å². The fourth-order valence-electron chi connectivity index (χ4n) is 3.39.